The molecular formula is C65H67BN2O. The van der Waals surface area contributed by atoms with Crippen molar-refractivity contribution in [3.05, 3.63) is 171 Å². The summed E-state index contributed by atoms with van der Waals surface area (Å²) in [7, 11) is 0. The number of rotatable bonds is 2. The molecule has 3 heterocycles. The Morgan fingerprint density at radius 3 is 1.55 bits per heavy atom. The van der Waals surface area contributed by atoms with Crippen LogP contribution in [0.1, 0.15) is 159 Å². The average Bonchev–Trinajstić information content (AvgIpc) is 3.70. The molecule has 0 amide bonds. The molecule has 346 valence electrons. The molecule has 0 N–H and O–H groups in total. The first kappa shape index (κ1) is 43.1. The number of aryl methyl sites for hydroxylation is 1. The lowest BCUT2D eigenvalue weighted by Crippen LogP contribution is -2.62. The molecule has 0 saturated carbocycles. The van der Waals surface area contributed by atoms with Crippen molar-refractivity contribution in [2.45, 2.75) is 148 Å². The maximum atomic E-state index is 7.02. The monoisotopic (exact) mass is 903 g/mol. The van der Waals surface area contributed by atoms with Crippen molar-refractivity contribution < 1.29 is 4.42 Å². The summed E-state index contributed by atoms with van der Waals surface area (Å²) in [5.41, 5.74) is 26.1. The smallest absolute Gasteiger partial charge is 0.252 e. The summed E-state index contributed by atoms with van der Waals surface area (Å²) >= 11 is 0. The molecule has 0 bridgehead atoms. The second-order valence-corrected chi connectivity index (χ2v) is 25.5. The van der Waals surface area contributed by atoms with Gasteiger partial charge in [-0.1, -0.05) is 156 Å². The largest absolute Gasteiger partial charge is 0.454 e. The molecule has 7 aromatic carbocycles. The number of hydrogen-bond donors (Lipinski definition) is 0. The summed E-state index contributed by atoms with van der Waals surface area (Å²) in [4.78, 5) is 5.31. The molecular weight excluding hydrogens is 836 g/mol. The fraction of sp³-hybridized carbons (Fsp3) is 0.354. The minimum absolute atomic E-state index is 0.0106. The summed E-state index contributed by atoms with van der Waals surface area (Å²) in [5, 5.41) is 2.29. The van der Waals surface area contributed by atoms with E-state index in [1.54, 1.807) is 0 Å². The normalized spacial score (nSPS) is 20.0. The summed E-state index contributed by atoms with van der Waals surface area (Å²) in [6.45, 7) is 31.9. The van der Waals surface area contributed by atoms with Gasteiger partial charge in [0.25, 0.3) is 6.71 Å². The van der Waals surface area contributed by atoms with E-state index in [0.717, 1.165) is 27.6 Å². The highest BCUT2D eigenvalue weighted by atomic mass is 16.3. The van der Waals surface area contributed by atoms with Crippen molar-refractivity contribution >= 4 is 79.2 Å². The Kier molecular flexibility index (Phi) is 8.52. The molecule has 69 heavy (non-hydrogen) atoms. The van der Waals surface area contributed by atoms with Gasteiger partial charge in [-0.2, -0.15) is 0 Å². The number of hydrogen-bond acceptors (Lipinski definition) is 3. The van der Waals surface area contributed by atoms with E-state index in [4.69, 9.17) is 4.42 Å². The third-order valence-corrected chi connectivity index (χ3v) is 18.7. The van der Waals surface area contributed by atoms with Crippen molar-refractivity contribution in [3.63, 3.8) is 0 Å². The van der Waals surface area contributed by atoms with Gasteiger partial charge in [-0.15, -0.1) is 0 Å². The minimum atomic E-state index is -0.226. The zero-order valence-corrected chi connectivity index (χ0v) is 43.3. The van der Waals surface area contributed by atoms with Gasteiger partial charge in [0.05, 0.1) is 5.69 Å². The Morgan fingerprint density at radius 2 is 0.899 bits per heavy atom. The molecule has 3 nitrogen and oxygen atoms in total. The van der Waals surface area contributed by atoms with Crippen molar-refractivity contribution in [2.24, 2.45) is 0 Å². The third kappa shape index (κ3) is 5.75. The van der Waals surface area contributed by atoms with Gasteiger partial charge in [0.2, 0.25) is 0 Å². The molecule has 8 aromatic rings. The topological polar surface area (TPSA) is 19.6 Å². The molecule has 0 unspecified atom stereocenters. The zero-order valence-electron chi connectivity index (χ0n) is 43.3. The van der Waals surface area contributed by atoms with Gasteiger partial charge < -0.3 is 14.2 Å². The molecule has 0 spiro atoms. The highest BCUT2D eigenvalue weighted by Gasteiger charge is 2.50. The molecule has 2 aliphatic heterocycles. The van der Waals surface area contributed by atoms with E-state index < -0.39 is 0 Å². The van der Waals surface area contributed by atoms with Gasteiger partial charge in [-0.3, -0.25) is 0 Å². The van der Waals surface area contributed by atoms with Crippen LogP contribution in [0.15, 0.2) is 126 Å². The molecule has 3 aliphatic carbocycles. The van der Waals surface area contributed by atoms with E-state index in [9.17, 15) is 0 Å². The molecule has 0 radical (unpaired) electrons. The third-order valence-electron chi connectivity index (χ3n) is 18.7. The lowest BCUT2D eigenvalue weighted by Gasteiger charge is -2.49. The Bertz CT molecular complexity index is 3560. The van der Waals surface area contributed by atoms with Crippen LogP contribution < -0.4 is 26.2 Å². The number of anilines is 6. The van der Waals surface area contributed by atoms with Crippen LogP contribution in [-0.2, 0) is 32.5 Å². The van der Waals surface area contributed by atoms with Gasteiger partial charge in [-0.05, 0) is 169 Å². The van der Waals surface area contributed by atoms with Gasteiger partial charge in [0.1, 0.15) is 5.58 Å². The van der Waals surface area contributed by atoms with Crippen molar-refractivity contribution in [2.75, 3.05) is 9.80 Å². The quantitative estimate of drug-likeness (QED) is 0.161. The predicted molar refractivity (Wildman–Crippen MR) is 294 cm³/mol. The predicted octanol–water partition coefficient (Wildman–Crippen LogP) is 15.6. The fourth-order valence-corrected chi connectivity index (χ4v) is 14.3. The van der Waals surface area contributed by atoms with Gasteiger partial charge >= 0.3 is 0 Å². The van der Waals surface area contributed by atoms with Crippen LogP contribution in [0.25, 0.3) is 21.9 Å². The highest BCUT2D eigenvalue weighted by molar-refractivity contribution is 7.00. The van der Waals surface area contributed by atoms with Gasteiger partial charge in [-0.25, -0.2) is 0 Å². The Hall–Kier alpha value is -6.00. The Balaban J connectivity index is 1.18. The van der Waals surface area contributed by atoms with Gasteiger partial charge in [0, 0.05) is 50.0 Å². The molecule has 13 rings (SSSR count). The van der Waals surface area contributed by atoms with E-state index in [0.29, 0.717) is 0 Å². The number of para-hydroxylation sites is 2. The van der Waals surface area contributed by atoms with Crippen LogP contribution in [0.5, 0.6) is 0 Å². The highest BCUT2D eigenvalue weighted by Crippen LogP contribution is 2.56. The second kappa shape index (κ2) is 13.7. The number of benzene rings is 7. The zero-order chi connectivity index (χ0) is 48.1. The van der Waals surface area contributed by atoms with Crippen molar-refractivity contribution in [3.8, 4) is 0 Å². The van der Waals surface area contributed by atoms with Crippen LogP contribution in [0.3, 0.4) is 0 Å². The van der Waals surface area contributed by atoms with E-state index in [1.807, 2.05) is 0 Å². The summed E-state index contributed by atoms with van der Waals surface area (Å²) < 4.78 is 7.02. The number of furan rings is 1. The maximum Gasteiger partial charge on any atom is 0.252 e. The Morgan fingerprint density at radius 1 is 0.406 bits per heavy atom. The summed E-state index contributed by atoms with van der Waals surface area (Å²) in [5.74, 6) is 0. The molecule has 0 atom stereocenters. The standard InChI is InChI=1S/C65H67BN2O/c1-38-31-55-58-56(32-38)68(52-23-18-20-41-40-19-14-17-24-57(40)69-59(41)52)54-37-49-48(64(10,11)43-21-15-16-22-44(43)65(49,12)13)35-51(54)66(58)50-34-46-47(63(8,9)30-29-62(46,6)7)36-53(50)67(55)39-25-26-42-45(33-39)61(4,5)28-27-60(42,2)3/h14-26,31-37H,27-30H2,1-13H3. The van der Waals surface area contributed by atoms with Crippen LogP contribution >= 0.6 is 0 Å². The van der Waals surface area contributed by atoms with Crippen molar-refractivity contribution in [1.29, 1.82) is 0 Å². The SMILES string of the molecule is Cc1cc2c3c(c1)N(c1cccc4c1oc1ccccc14)c1cc4c(cc1B3c1cc3c(cc1N2c1ccc2c(c1)C(C)(C)CCC2(C)C)C(C)(C)CCC3(C)C)C(C)(C)c1ccccc1C4(C)C. The fourth-order valence-electron chi connectivity index (χ4n) is 14.3. The van der Waals surface area contributed by atoms with Crippen LogP contribution in [0.4, 0.5) is 34.1 Å². The average molecular weight is 903 g/mol. The molecule has 5 aliphatic rings. The van der Waals surface area contributed by atoms with Crippen LogP contribution in [0.2, 0.25) is 0 Å². The van der Waals surface area contributed by atoms with E-state index >= 15 is 0 Å². The maximum absolute atomic E-state index is 7.02. The lowest BCUT2D eigenvalue weighted by molar-refractivity contribution is 0.332. The summed E-state index contributed by atoms with van der Waals surface area (Å²) in [6, 6.07) is 47.7. The molecule has 1 aromatic heterocycles. The first-order valence-electron chi connectivity index (χ1n) is 25.9. The molecule has 0 saturated heterocycles. The van der Waals surface area contributed by atoms with E-state index in [-0.39, 0.29) is 39.2 Å². The minimum Gasteiger partial charge on any atom is -0.454 e. The van der Waals surface area contributed by atoms with E-state index in [2.05, 4.69) is 221 Å². The lowest BCUT2D eigenvalue weighted by atomic mass is 9.32. The van der Waals surface area contributed by atoms with Gasteiger partial charge in [0.15, 0.2) is 5.58 Å². The Labute approximate surface area is 411 Å². The molecule has 4 heteroatoms. The number of nitrogens with zero attached hydrogens (tertiary/aromatic N) is 2. The summed E-state index contributed by atoms with van der Waals surface area (Å²) in [6.07, 6.45) is 4.70. The second-order valence-electron chi connectivity index (χ2n) is 25.5. The first-order valence-corrected chi connectivity index (χ1v) is 25.9. The van der Waals surface area contributed by atoms with Crippen LogP contribution in [-0.4, -0.2) is 6.71 Å². The van der Waals surface area contributed by atoms with E-state index in [1.165, 1.54) is 121 Å². The number of fused-ring (bicyclic) bond motifs is 11. The first-order chi connectivity index (χ1) is 32.6. The van der Waals surface area contributed by atoms with Crippen molar-refractivity contribution in [1.82, 2.24) is 0 Å². The van der Waals surface area contributed by atoms with Crippen LogP contribution in [0, 0.1) is 6.92 Å². The molecule has 0 fully saturated rings.